The summed E-state index contributed by atoms with van der Waals surface area (Å²) in [5, 5.41) is 4.64. The maximum atomic E-state index is 13.5. The van der Waals surface area contributed by atoms with Gasteiger partial charge in [-0.25, -0.2) is 9.59 Å². The lowest BCUT2D eigenvalue weighted by Gasteiger charge is -2.21. The van der Waals surface area contributed by atoms with Crippen LogP contribution < -0.4 is 22.3 Å². The number of aromatic nitrogens is 5. The van der Waals surface area contributed by atoms with Crippen molar-refractivity contribution in [2.75, 3.05) is 5.32 Å². The highest BCUT2D eigenvalue weighted by Gasteiger charge is 2.19. The molecule has 0 saturated heterocycles. The van der Waals surface area contributed by atoms with Gasteiger partial charge in [0, 0.05) is 11.4 Å². The minimum Gasteiger partial charge on any atom is -0.360 e. The first kappa shape index (κ1) is 19.8. The minimum atomic E-state index is -0.617. The van der Waals surface area contributed by atoms with Crippen LogP contribution in [0.15, 0.2) is 69.0 Å². The van der Waals surface area contributed by atoms with Crippen LogP contribution in [0.5, 0.6) is 0 Å². The fourth-order valence-electron chi connectivity index (χ4n) is 3.83. The predicted octanol–water partition coefficient (Wildman–Crippen LogP) is 3.07. The fourth-order valence-corrected chi connectivity index (χ4v) is 4.09. The lowest BCUT2D eigenvalue weighted by Crippen LogP contribution is -2.26. The van der Waals surface area contributed by atoms with Crippen molar-refractivity contribution in [1.82, 2.24) is 24.5 Å². The van der Waals surface area contributed by atoms with Gasteiger partial charge in [0.05, 0.1) is 16.5 Å². The Morgan fingerprint density at radius 1 is 1.00 bits per heavy atom. The minimum absolute atomic E-state index is 0.188. The molecule has 0 bridgehead atoms. The summed E-state index contributed by atoms with van der Waals surface area (Å²) in [4.78, 5) is 48.8. The van der Waals surface area contributed by atoms with Gasteiger partial charge in [-0.1, -0.05) is 41.9 Å². The number of benzene rings is 2. The average Bonchev–Trinajstić information content (AvgIpc) is 3.14. The van der Waals surface area contributed by atoms with Gasteiger partial charge in [0.2, 0.25) is 0 Å². The third-order valence-corrected chi connectivity index (χ3v) is 5.56. The Kier molecular flexibility index (Phi) is 4.67. The summed E-state index contributed by atoms with van der Waals surface area (Å²) in [6, 6.07) is 15.9. The summed E-state index contributed by atoms with van der Waals surface area (Å²) in [5.41, 5.74) is 0.511. The third-order valence-electron chi connectivity index (χ3n) is 5.24. The number of imidazole rings is 1. The Labute approximate surface area is 184 Å². The number of para-hydroxylation sites is 1. The zero-order chi connectivity index (χ0) is 22.4. The lowest BCUT2D eigenvalue weighted by atomic mass is 10.1. The first-order chi connectivity index (χ1) is 15.4. The van der Waals surface area contributed by atoms with Crippen LogP contribution in [0.1, 0.15) is 18.7 Å². The molecule has 3 heterocycles. The molecule has 5 aromatic rings. The van der Waals surface area contributed by atoms with E-state index in [2.05, 4.69) is 25.3 Å². The number of hydrogen-bond acceptors (Lipinski definition) is 5. The van der Waals surface area contributed by atoms with E-state index in [1.807, 2.05) is 49.4 Å². The van der Waals surface area contributed by atoms with Crippen LogP contribution in [0, 0.1) is 0 Å². The number of pyridine rings is 1. The van der Waals surface area contributed by atoms with Gasteiger partial charge >= 0.3 is 11.4 Å². The van der Waals surface area contributed by atoms with Crippen LogP contribution in [0.3, 0.4) is 0 Å². The summed E-state index contributed by atoms with van der Waals surface area (Å²) < 4.78 is 1.58. The maximum absolute atomic E-state index is 13.5. The Morgan fingerprint density at radius 2 is 1.78 bits per heavy atom. The van der Waals surface area contributed by atoms with Crippen molar-refractivity contribution in [3.63, 3.8) is 0 Å². The second-order valence-corrected chi connectivity index (χ2v) is 7.74. The lowest BCUT2D eigenvalue weighted by molar-refractivity contribution is 0.773. The Bertz CT molecular complexity index is 1650. The highest BCUT2D eigenvalue weighted by molar-refractivity contribution is 6.35. The molecule has 0 spiro atoms. The monoisotopic (exact) mass is 448 g/mol. The van der Waals surface area contributed by atoms with Crippen LogP contribution in [0.2, 0.25) is 5.02 Å². The van der Waals surface area contributed by atoms with Crippen molar-refractivity contribution in [1.29, 1.82) is 0 Å². The molecule has 0 aliphatic carbocycles. The molecule has 0 aliphatic rings. The fraction of sp³-hybridized carbons (Fsp3) is 0.0909. The molecular weight excluding hydrogens is 432 g/mol. The van der Waals surface area contributed by atoms with Gasteiger partial charge in [0.15, 0.2) is 5.82 Å². The molecule has 0 amide bonds. The molecule has 0 unspecified atom stereocenters. The van der Waals surface area contributed by atoms with E-state index >= 15 is 0 Å². The molecule has 0 saturated carbocycles. The normalized spacial score (nSPS) is 12.3. The summed E-state index contributed by atoms with van der Waals surface area (Å²) >= 11 is 6.35. The number of H-pyrrole nitrogens is 3. The highest BCUT2D eigenvalue weighted by atomic mass is 35.5. The van der Waals surface area contributed by atoms with E-state index in [4.69, 9.17) is 11.6 Å². The smallest absolute Gasteiger partial charge is 0.348 e. The van der Waals surface area contributed by atoms with E-state index in [1.165, 1.54) is 0 Å². The summed E-state index contributed by atoms with van der Waals surface area (Å²) in [7, 11) is 0. The number of halogens is 1. The predicted molar refractivity (Wildman–Crippen MR) is 124 cm³/mol. The number of hydrogen-bond donors (Lipinski definition) is 4. The number of aromatic amines is 3. The molecule has 9 nitrogen and oxygen atoms in total. The highest BCUT2D eigenvalue weighted by Crippen LogP contribution is 2.27. The van der Waals surface area contributed by atoms with E-state index in [1.54, 1.807) is 16.7 Å². The molecule has 32 heavy (non-hydrogen) atoms. The maximum Gasteiger partial charge on any atom is 0.348 e. The summed E-state index contributed by atoms with van der Waals surface area (Å²) in [5.74, 6) is 0.188. The van der Waals surface area contributed by atoms with Crippen LogP contribution in [0.4, 0.5) is 5.82 Å². The van der Waals surface area contributed by atoms with Crippen molar-refractivity contribution >= 4 is 39.4 Å². The van der Waals surface area contributed by atoms with E-state index in [0.29, 0.717) is 32.7 Å². The summed E-state index contributed by atoms with van der Waals surface area (Å²) in [6.45, 7) is 1.84. The van der Waals surface area contributed by atoms with Crippen LogP contribution in [0.25, 0.3) is 27.6 Å². The van der Waals surface area contributed by atoms with Crippen LogP contribution >= 0.6 is 11.6 Å². The van der Waals surface area contributed by atoms with Crippen molar-refractivity contribution in [2.24, 2.45) is 0 Å². The average molecular weight is 449 g/mol. The van der Waals surface area contributed by atoms with Gasteiger partial charge in [0.25, 0.3) is 5.56 Å². The topological polar surface area (TPSA) is 128 Å². The number of fused-ring (bicyclic) bond motifs is 2. The van der Waals surface area contributed by atoms with Crippen molar-refractivity contribution in [2.45, 2.75) is 13.0 Å². The molecular formula is C22H17ClN6O3. The van der Waals surface area contributed by atoms with Crippen LogP contribution in [-0.4, -0.2) is 24.5 Å². The molecule has 1 atom stereocenters. The quantitative estimate of drug-likeness (QED) is 0.336. The second kappa shape index (κ2) is 7.54. The van der Waals surface area contributed by atoms with E-state index < -0.39 is 17.4 Å². The van der Waals surface area contributed by atoms with Gasteiger partial charge in [0.1, 0.15) is 11.2 Å². The second-order valence-electron chi connectivity index (χ2n) is 7.34. The zero-order valence-corrected chi connectivity index (χ0v) is 17.5. The number of nitrogens with one attached hydrogen (secondary N) is 4. The van der Waals surface area contributed by atoms with Gasteiger partial charge in [-0.2, -0.15) is 4.98 Å². The number of anilines is 1. The zero-order valence-electron chi connectivity index (χ0n) is 16.8. The van der Waals surface area contributed by atoms with Crippen molar-refractivity contribution in [3.05, 3.63) is 96.6 Å². The van der Waals surface area contributed by atoms with Gasteiger partial charge in [-0.15, -0.1) is 0 Å². The molecule has 0 fully saturated rings. The van der Waals surface area contributed by atoms with Crippen molar-refractivity contribution in [3.8, 4) is 5.69 Å². The number of nitrogens with zero attached hydrogens (tertiary/aromatic N) is 2. The molecule has 160 valence electrons. The van der Waals surface area contributed by atoms with Crippen molar-refractivity contribution < 1.29 is 0 Å². The SMILES string of the molecule is C[C@H](Nc1nc(=O)[nH]c2[nH]c(=O)[nH]c12)c1cc2cccc(Cl)c2c(=O)n1-c1ccccc1. The summed E-state index contributed by atoms with van der Waals surface area (Å²) in [6.07, 6.45) is 0. The van der Waals surface area contributed by atoms with Gasteiger partial charge < -0.3 is 10.3 Å². The Hall–Kier alpha value is -4.11. The standard InChI is InChI=1S/C22H17ClN6O3/c1-11(24-18-17-19(27-21(31)25-17)28-22(32)26-18)15-10-12-6-5-9-14(23)16(12)20(30)29(15)13-7-3-2-4-8-13/h2-11H,1H3,(H4,24,25,26,27,28,31,32)/t11-/m0/s1. The van der Waals surface area contributed by atoms with Gasteiger partial charge in [-0.05, 0) is 36.6 Å². The van der Waals surface area contributed by atoms with E-state index in [0.717, 1.165) is 0 Å². The first-order valence-electron chi connectivity index (χ1n) is 9.81. The van der Waals surface area contributed by atoms with Gasteiger partial charge in [-0.3, -0.25) is 19.3 Å². The molecule has 2 aromatic carbocycles. The molecule has 3 aromatic heterocycles. The Balaban J connectivity index is 1.73. The van der Waals surface area contributed by atoms with Crippen LogP contribution in [-0.2, 0) is 0 Å². The van der Waals surface area contributed by atoms with E-state index in [-0.39, 0.29) is 17.0 Å². The first-order valence-corrected chi connectivity index (χ1v) is 10.2. The third kappa shape index (κ3) is 3.28. The largest absolute Gasteiger partial charge is 0.360 e. The molecule has 4 N–H and O–H groups in total. The molecule has 0 radical (unpaired) electrons. The molecule has 5 rings (SSSR count). The number of rotatable bonds is 4. The Morgan fingerprint density at radius 3 is 2.56 bits per heavy atom. The molecule has 10 heteroatoms. The van der Waals surface area contributed by atoms with E-state index in [9.17, 15) is 14.4 Å². The molecule has 0 aliphatic heterocycles.